The Morgan fingerprint density at radius 3 is 1.92 bits per heavy atom. The van der Waals surface area contributed by atoms with Crippen LogP contribution in [-0.2, 0) is 54.6 Å². The van der Waals surface area contributed by atoms with Crippen LogP contribution in [0.3, 0.4) is 0 Å². The zero-order chi connectivity index (χ0) is 38.9. The summed E-state index contributed by atoms with van der Waals surface area (Å²) in [6, 6.07) is 10.9. The highest BCUT2D eigenvalue weighted by Crippen LogP contribution is 2.64. The number of aromatic nitrogens is 2. The standard InChI is InChI=1S/C32H39N5O14P2/c1-19(2)30(39)48-24-10-6-22(7-11-24)16-46-53(44,47-17-23-8-12-25(13-9-23)49-31(40)20(3)4)51-52(42,43)45-18-27-26(35-36-33)14-28(50-27)37-15-21(5)29(38)34-32(37)41/h6-13,15,19-20,26-28H,14,16-18H2,1-5H3,(H,42,43)(H,34,38,41)/t26-,27+,28+/m0/s1. The van der Waals surface area contributed by atoms with Crippen LogP contribution in [0.1, 0.15) is 57.0 Å². The molecule has 1 aromatic heterocycles. The second kappa shape index (κ2) is 18.1. The lowest BCUT2D eigenvalue weighted by molar-refractivity contribution is -0.138. The summed E-state index contributed by atoms with van der Waals surface area (Å²) >= 11 is 0. The monoisotopic (exact) mass is 779 g/mol. The van der Waals surface area contributed by atoms with Gasteiger partial charge in [0.25, 0.3) is 5.56 Å². The topological polar surface area (TPSA) is 257 Å². The van der Waals surface area contributed by atoms with E-state index in [-0.39, 0.29) is 35.3 Å². The van der Waals surface area contributed by atoms with Crippen molar-refractivity contribution in [2.45, 2.75) is 72.6 Å². The summed E-state index contributed by atoms with van der Waals surface area (Å²) in [5, 5.41) is 3.63. The lowest BCUT2D eigenvalue weighted by Crippen LogP contribution is -2.33. The van der Waals surface area contributed by atoms with E-state index in [2.05, 4.69) is 15.0 Å². The minimum atomic E-state index is -5.30. The molecule has 21 heteroatoms. The second-order valence-corrected chi connectivity index (χ2v) is 15.7. The molecule has 0 spiro atoms. The van der Waals surface area contributed by atoms with Crippen LogP contribution in [0, 0.1) is 18.8 Å². The molecule has 0 aliphatic carbocycles. The molecule has 2 N–H and O–H groups in total. The first-order valence-corrected chi connectivity index (χ1v) is 19.1. The van der Waals surface area contributed by atoms with Gasteiger partial charge in [-0.3, -0.25) is 37.5 Å². The first-order chi connectivity index (χ1) is 25.0. The van der Waals surface area contributed by atoms with E-state index >= 15 is 0 Å². The Kier molecular flexibility index (Phi) is 14.1. The number of phosphoric ester groups is 2. The predicted molar refractivity (Wildman–Crippen MR) is 185 cm³/mol. The molecule has 1 unspecified atom stereocenters. The van der Waals surface area contributed by atoms with Crippen molar-refractivity contribution < 1.29 is 55.7 Å². The van der Waals surface area contributed by atoms with Crippen LogP contribution in [0.5, 0.6) is 11.5 Å². The van der Waals surface area contributed by atoms with Crippen molar-refractivity contribution in [1.29, 1.82) is 0 Å². The first-order valence-electron chi connectivity index (χ1n) is 16.2. The van der Waals surface area contributed by atoms with Gasteiger partial charge in [0.05, 0.1) is 43.8 Å². The molecule has 0 radical (unpaired) electrons. The van der Waals surface area contributed by atoms with Gasteiger partial charge in [0.15, 0.2) is 0 Å². The number of phosphoric acid groups is 2. The van der Waals surface area contributed by atoms with Crippen LogP contribution in [0.25, 0.3) is 10.4 Å². The van der Waals surface area contributed by atoms with E-state index in [0.717, 1.165) is 4.57 Å². The largest absolute Gasteiger partial charge is 0.484 e. The number of nitrogens with zero attached hydrogens (tertiary/aromatic N) is 4. The highest BCUT2D eigenvalue weighted by molar-refractivity contribution is 7.61. The Bertz CT molecular complexity index is 1950. The Morgan fingerprint density at radius 2 is 1.45 bits per heavy atom. The molecule has 0 amide bonds. The van der Waals surface area contributed by atoms with Crippen LogP contribution in [0.4, 0.5) is 0 Å². The number of nitrogens with one attached hydrogen (secondary N) is 1. The van der Waals surface area contributed by atoms with Gasteiger partial charge in [-0.2, -0.15) is 4.31 Å². The number of H-pyrrole nitrogens is 1. The molecule has 4 rings (SSSR count). The van der Waals surface area contributed by atoms with Gasteiger partial charge in [0.1, 0.15) is 17.7 Å². The molecule has 286 valence electrons. The molecule has 2 heterocycles. The van der Waals surface area contributed by atoms with Crippen molar-refractivity contribution in [2.75, 3.05) is 6.61 Å². The first kappa shape index (κ1) is 41.3. The highest BCUT2D eigenvalue weighted by Gasteiger charge is 2.42. The number of hydrogen-bond acceptors (Lipinski definition) is 14. The van der Waals surface area contributed by atoms with Crippen molar-refractivity contribution >= 4 is 27.6 Å². The van der Waals surface area contributed by atoms with E-state index in [1.165, 1.54) is 61.7 Å². The summed E-state index contributed by atoms with van der Waals surface area (Å²) in [6.45, 7) is 6.52. The minimum Gasteiger partial charge on any atom is -0.426 e. The van der Waals surface area contributed by atoms with Crippen LogP contribution in [0.15, 0.2) is 69.4 Å². The molecular formula is C32H39N5O14P2. The Hall–Kier alpha value is -4.41. The zero-order valence-corrected chi connectivity index (χ0v) is 31.1. The fourth-order valence-electron chi connectivity index (χ4n) is 4.51. The van der Waals surface area contributed by atoms with E-state index in [4.69, 9.17) is 37.6 Å². The third-order valence-corrected chi connectivity index (χ3v) is 10.5. The average Bonchev–Trinajstić information content (AvgIpc) is 3.50. The number of hydrogen-bond donors (Lipinski definition) is 2. The van der Waals surface area contributed by atoms with Gasteiger partial charge in [-0.05, 0) is 47.8 Å². The number of aryl methyl sites for hydroxylation is 1. The SMILES string of the molecule is Cc1cn([C@H]2C[C@H](N=[N+]=[N-])[C@@H](COP(=O)(O)OP(=O)(OCc3ccc(OC(=O)C(C)C)cc3)OCc3ccc(OC(=O)C(C)C)cc3)O2)c(=O)[nH]c1=O. The van der Waals surface area contributed by atoms with Crippen molar-refractivity contribution in [1.82, 2.24) is 9.55 Å². The average molecular weight is 780 g/mol. The van der Waals surface area contributed by atoms with E-state index in [1.807, 2.05) is 0 Å². The molecule has 1 aliphatic heterocycles. The number of esters is 2. The summed E-state index contributed by atoms with van der Waals surface area (Å²) in [4.78, 5) is 63.6. The molecule has 0 saturated carbocycles. The van der Waals surface area contributed by atoms with Gasteiger partial charge in [-0.1, -0.05) is 57.1 Å². The third kappa shape index (κ3) is 12.1. The quantitative estimate of drug-likeness (QED) is 0.0422. The maximum atomic E-state index is 13.9. The molecule has 2 aromatic carbocycles. The zero-order valence-electron chi connectivity index (χ0n) is 29.3. The van der Waals surface area contributed by atoms with Gasteiger partial charge in [0.2, 0.25) is 0 Å². The van der Waals surface area contributed by atoms with E-state index < -0.39 is 77.0 Å². The number of carbonyl (C=O) groups excluding carboxylic acids is 2. The molecular weight excluding hydrogens is 740 g/mol. The second-order valence-electron chi connectivity index (χ2n) is 12.4. The van der Waals surface area contributed by atoms with Crippen LogP contribution in [-0.4, -0.2) is 45.1 Å². The van der Waals surface area contributed by atoms with Crippen molar-refractivity contribution in [2.24, 2.45) is 17.0 Å². The number of azide groups is 1. The maximum Gasteiger partial charge on any atom is 0.484 e. The Balaban J connectivity index is 1.48. The molecule has 19 nitrogen and oxygen atoms in total. The Morgan fingerprint density at radius 1 is 0.943 bits per heavy atom. The van der Waals surface area contributed by atoms with Gasteiger partial charge in [-0.25, -0.2) is 13.9 Å². The summed E-state index contributed by atoms with van der Waals surface area (Å²) in [5.74, 6) is -1.14. The van der Waals surface area contributed by atoms with Gasteiger partial charge in [0, 0.05) is 23.1 Å². The smallest absolute Gasteiger partial charge is 0.426 e. The molecule has 0 bridgehead atoms. The van der Waals surface area contributed by atoms with Gasteiger partial charge in [-0.15, -0.1) is 0 Å². The van der Waals surface area contributed by atoms with Crippen LogP contribution in [0.2, 0.25) is 0 Å². The molecule has 53 heavy (non-hydrogen) atoms. The fraction of sp³-hybridized carbons (Fsp3) is 0.438. The number of benzene rings is 2. The Labute approximate surface area is 302 Å². The third-order valence-electron chi connectivity index (χ3n) is 7.47. The molecule has 1 aliphatic rings. The fourth-order valence-corrected chi connectivity index (χ4v) is 7.11. The number of rotatable bonds is 17. The molecule has 3 aromatic rings. The van der Waals surface area contributed by atoms with Crippen molar-refractivity contribution in [3.63, 3.8) is 0 Å². The summed E-state index contributed by atoms with van der Waals surface area (Å²) in [6.07, 6.45) is -1.04. The van der Waals surface area contributed by atoms with Gasteiger partial charge < -0.3 is 19.1 Å². The molecule has 1 fully saturated rings. The summed E-state index contributed by atoms with van der Waals surface area (Å²) in [5.41, 5.74) is 8.66. The minimum absolute atomic E-state index is 0.0598. The van der Waals surface area contributed by atoms with Crippen molar-refractivity contribution in [3.05, 3.63) is 103 Å². The number of aromatic amines is 1. The molecule has 4 atom stereocenters. The lowest BCUT2D eigenvalue weighted by atomic mass is 10.1. The predicted octanol–water partition coefficient (Wildman–Crippen LogP) is 5.61. The number of carbonyl (C=O) groups is 2. The summed E-state index contributed by atoms with van der Waals surface area (Å²) < 4.78 is 65.4. The summed E-state index contributed by atoms with van der Waals surface area (Å²) in [7, 11) is -10.2. The van der Waals surface area contributed by atoms with Crippen molar-refractivity contribution in [3.8, 4) is 11.5 Å². The van der Waals surface area contributed by atoms with E-state index in [0.29, 0.717) is 11.1 Å². The lowest BCUT2D eigenvalue weighted by Gasteiger charge is -2.22. The van der Waals surface area contributed by atoms with E-state index in [9.17, 15) is 33.2 Å². The highest BCUT2D eigenvalue weighted by atomic mass is 31.3. The normalized spacial score (nSPS) is 18.4. The maximum absolute atomic E-state index is 13.9. The van der Waals surface area contributed by atoms with Crippen LogP contribution < -0.4 is 20.7 Å². The number of ether oxygens (including phenoxy) is 3. The van der Waals surface area contributed by atoms with E-state index in [1.54, 1.807) is 27.7 Å². The van der Waals surface area contributed by atoms with Crippen LogP contribution >= 0.6 is 15.6 Å². The van der Waals surface area contributed by atoms with Gasteiger partial charge >= 0.3 is 33.3 Å². The molecule has 1 saturated heterocycles.